The summed E-state index contributed by atoms with van der Waals surface area (Å²) in [5.41, 5.74) is 0.0940. The third-order valence-corrected chi connectivity index (χ3v) is 4.84. The highest BCUT2D eigenvalue weighted by atomic mass is 32.2. The number of anilines is 1. The molecule has 0 unspecified atom stereocenters. The van der Waals surface area contributed by atoms with E-state index in [1.807, 2.05) is 0 Å². The van der Waals surface area contributed by atoms with Gasteiger partial charge in [0.15, 0.2) is 0 Å². The van der Waals surface area contributed by atoms with E-state index < -0.39 is 27.2 Å². The molecule has 1 fully saturated rings. The molecule has 0 aromatic heterocycles. The van der Waals surface area contributed by atoms with Crippen LogP contribution in [0.1, 0.15) is 23.2 Å². The molecule has 104 valence electrons. The molecule has 0 aliphatic carbocycles. The minimum atomic E-state index is -2.93. The molecule has 1 aliphatic heterocycles. The molecule has 1 aromatic rings. The zero-order valence-corrected chi connectivity index (χ0v) is 10.9. The van der Waals surface area contributed by atoms with E-state index in [0.29, 0.717) is 18.5 Å². The first-order chi connectivity index (χ1) is 8.87. The van der Waals surface area contributed by atoms with Gasteiger partial charge in [-0.25, -0.2) is 17.6 Å². The van der Waals surface area contributed by atoms with Gasteiger partial charge in [-0.05, 0) is 31.0 Å². The van der Waals surface area contributed by atoms with E-state index in [2.05, 4.69) is 5.32 Å². The van der Waals surface area contributed by atoms with Crippen LogP contribution in [0.25, 0.3) is 0 Å². The molecule has 5 nitrogen and oxygen atoms in total. The molecule has 19 heavy (non-hydrogen) atoms. The fourth-order valence-electron chi connectivity index (χ4n) is 2.05. The Balaban J connectivity index is 2.08. The van der Waals surface area contributed by atoms with Gasteiger partial charge in [0, 0.05) is 11.7 Å². The number of nitrogens with one attached hydrogen (secondary N) is 1. The summed E-state index contributed by atoms with van der Waals surface area (Å²) in [6, 6.07) is 3.73. The third-order valence-electron chi connectivity index (χ3n) is 3.12. The predicted octanol–water partition coefficient (Wildman–Crippen LogP) is 1.51. The van der Waals surface area contributed by atoms with Crippen molar-refractivity contribution < 1.29 is 22.7 Å². The van der Waals surface area contributed by atoms with E-state index in [0.717, 1.165) is 6.07 Å². The number of carboxylic acids is 1. The topological polar surface area (TPSA) is 83.5 Å². The van der Waals surface area contributed by atoms with Crippen LogP contribution < -0.4 is 5.32 Å². The van der Waals surface area contributed by atoms with E-state index in [-0.39, 0.29) is 17.5 Å². The van der Waals surface area contributed by atoms with Crippen molar-refractivity contribution in [2.45, 2.75) is 18.9 Å². The maximum Gasteiger partial charge on any atom is 0.338 e. The van der Waals surface area contributed by atoms with Crippen molar-refractivity contribution in [1.82, 2.24) is 0 Å². The van der Waals surface area contributed by atoms with Crippen LogP contribution in [0.3, 0.4) is 0 Å². The summed E-state index contributed by atoms with van der Waals surface area (Å²) < 4.78 is 35.8. The predicted molar refractivity (Wildman–Crippen MR) is 68.7 cm³/mol. The Labute approximate surface area is 110 Å². The third kappa shape index (κ3) is 3.44. The Morgan fingerprint density at radius 1 is 1.32 bits per heavy atom. The smallest absolute Gasteiger partial charge is 0.338 e. The first-order valence-corrected chi connectivity index (χ1v) is 7.69. The van der Waals surface area contributed by atoms with E-state index >= 15 is 0 Å². The fourth-order valence-corrected chi connectivity index (χ4v) is 3.54. The molecule has 1 saturated heterocycles. The Morgan fingerprint density at radius 3 is 2.53 bits per heavy atom. The van der Waals surface area contributed by atoms with E-state index in [1.165, 1.54) is 12.1 Å². The van der Waals surface area contributed by atoms with Crippen molar-refractivity contribution in [1.29, 1.82) is 0 Å². The van der Waals surface area contributed by atoms with Gasteiger partial charge < -0.3 is 10.4 Å². The Morgan fingerprint density at radius 2 is 1.95 bits per heavy atom. The van der Waals surface area contributed by atoms with Crippen LogP contribution >= 0.6 is 0 Å². The van der Waals surface area contributed by atoms with Crippen molar-refractivity contribution in [2.75, 3.05) is 16.8 Å². The first kappa shape index (κ1) is 13.8. The lowest BCUT2D eigenvalue weighted by Crippen LogP contribution is -2.32. The lowest BCUT2D eigenvalue weighted by Gasteiger charge is -2.24. The number of aromatic carboxylic acids is 1. The molecule has 0 amide bonds. The average molecular weight is 287 g/mol. The highest BCUT2D eigenvalue weighted by Gasteiger charge is 2.23. The number of carboxylic acid groups (broad SMARTS) is 1. The number of hydrogen-bond donors (Lipinski definition) is 2. The zero-order valence-electron chi connectivity index (χ0n) is 10.1. The maximum atomic E-state index is 13.2. The summed E-state index contributed by atoms with van der Waals surface area (Å²) in [6.07, 6.45) is 0.949. The molecule has 7 heteroatoms. The van der Waals surface area contributed by atoms with Crippen molar-refractivity contribution in [3.63, 3.8) is 0 Å². The highest BCUT2D eigenvalue weighted by molar-refractivity contribution is 7.91. The van der Waals surface area contributed by atoms with Crippen molar-refractivity contribution in [2.24, 2.45) is 0 Å². The van der Waals surface area contributed by atoms with Gasteiger partial charge in [-0.1, -0.05) is 0 Å². The summed E-state index contributed by atoms with van der Waals surface area (Å²) in [5, 5.41) is 11.9. The van der Waals surface area contributed by atoms with Gasteiger partial charge in [-0.2, -0.15) is 0 Å². The lowest BCUT2D eigenvalue weighted by atomic mass is 10.1. The van der Waals surface area contributed by atoms with Gasteiger partial charge >= 0.3 is 5.97 Å². The van der Waals surface area contributed by atoms with Gasteiger partial charge in [0.1, 0.15) is 15.7 Å². The Hall–Kier alpha value is -1.63. The summed E-state index contributed by atoms with van der Waals surface area (Å²) in [5.74, 6) is -1.87. The number of benzene rings is 1. The van der Waals surface area contributed by atoms with Gasteiger partial charge in [0.25, 0.3) is 0 Å². The number of sulfone groups is 1. The Kier molecular flexibility index (Phi) is 3.75. The molecule has 2 rings (SSSR count). The van der Waals surface area contributed by atoms with Crippen LogP contribution in [0.2, 0.25) is 0 Å². The lowest BCUT2D eigenvalue weighted by molar-refractivity contribution is 0.0692. The minimum Gasteiger partial charge on any atom is -0.478 e. The van der Waals surface area contributed by atoms with Crippen molar-refractivity contribution >= 4 is 21.5 Å². The molecule has 0 radical (unpaired) electrons. The Bertz CT molecular complexity index is 586. The number of hydrogen-bond acceptors (Lipinski definition) is 4. The number of halogens is 1. The van der Waals surface area contributed by atoms with E-state index in [4.69, 9.17) is 5.11 Å². The largest absolute Gasteiger partial charge is 0.478 e. The average Bonchev–Trinajstić information content (AvgIpc) is 2.34. The van der Waals surface area contributed by atoms with Crippen molar-refractivity contribution in [3.05, 3.63) is 29.6 Å². The van der Waals surface area contributed by atoms with Gasteiger partial charge in [0.05, 0.1) is 17.1 Å². The van der Waals surface area contributed by atoms with Crippen LogP contribution in [0.5, 0.6) is 0 Å². The first-order valence-electron chi connectivity index (χ1n) is 5.87. The monoisotopic (exact) mass is 287 g/mol. The van der Waals surface area contributed by atoms with Gasteiger partial charge in [0.2, 0.25) is 0 Å². The quantitative estimate of drug-likeness (QED) is 0.880. The molecule has 1 aromatic carbocycles. The molecular formula is C12H14FNO4S. The van der Waals surface area contributed by atoms with E-state index in [9.17, 15) is 17.6 Å². The zero-order chi connectivity index (χ0) is 14.0. The van der Waals surface area contributed by atoms with Crippen LogP contribution in [0, 0.1) is 5.82 Å². The van der Waals surface area contributed by atoms with Crippen LogP contribution in [0.15, 0.2) is 18.2 Å². The SMILES string of the molecule is O=C(O)c1cc(NC2CCS(=O)(=O)CC2)ccc1F. The van der Waals surface area contributed by atoms with Gasteiger partial charge in [-0.15, -0.1) is 0 Å². The molecule has 1 aliphatic rings. The summed E-state index contributed by atoms with van der Waals surface area (Å²) in [7, 11) is -2.93. The normalized spacial score (nSPS) is 19.0. The van der Waals surface area contributed by atoms with Gasteiger partial charge in [-0.3, -0.25) is 0 Å². The molecule has 0 spiro atoms. The van der Waals surface area contributed by atoms with Crippen molar-refractivity contribution in [3.8, 4) is 0 Å². The number of rotatable bonds is 3. The van der Waals surface area contributed by atoms with Crippen LogP contribution in [-0.4, -0.2) is 37.0 Å². The summed E-state index contributed by atoms with van der Waals surface area (Å²) in [6.45, 7) is 0. The highest BCUT2D eigenvalue weighted by Crippen LogP contribution is 2.20. The second kappa shape index (κ2) is 5.16. The minimum absolute atomic E-state index is 0.0318. The molecule has 0 atom stereocenters. The molecule has 0 bridgehead atoms. The second-order valence-corrected chi connectivity index (χ2v) is 6.87. The van der Waals surface area contributed by atoms with Crippen LogP contribution in [-0.2, 0) is 9.84 Å². The maximum absolute atomic E-state index is 13.2. The molecule has 2 N–H and O–H groups in total. The molecule has 0 saturated carbocycles. The fraction of sp³-hybridized carbons (Fsp3) is 0.417. The standard InChI is InChI=1S/C12H14FNO4S/c13-11-2-1-9(7-10(11)12(15)16)14-8-3-5-19(17,18)6-4-8/h1-2,7-8,14H,3-6H2,(H,15,16). The summed E-state index contributed by atoms with van der Waals surface area (Å²) in [4.78, 5) is 10.8. The van der Waals surface area contributed by atoms with Crippen LogP contribution in [0.4, 0.5) is 10.1 Å². The molecule has 1 heterocycles. The second-order valence-electron chi connectivity index (χ2n) is 4.57. The molecular weight excluding hydrogens is 273 g/mol. The van der Waals surface area contributed by atoms with E-state index in [1.54, 1.807) is 0 Å². The summed E-state index contributed by atoms with van der Waals surface area (Å²) >= 11 is 0. The number of carbonyl (C=O) groups is 1.